The second kappa shape index (κ2) is 6.23. The van der Waals surface area contributed by atoms with Gasteiger partial charge in [0.1, 0.15) is 0 Å². The number of aromatic nitrogens is 4. The number of fused-ring (bicyclic) bond motifs is 1. The van der Waals surface area contributed by atoms with Gasteiger partial charge >= 0.3 is 0 Å². The van der Waals surface area contributed by atoms with Crippen LogP contribution in [0.5, 0.6) is 0 Å². The van der Waals surface area contributed by atoms with Gasteiger partial charge in [-0.1, -0.05) is 36.4 Å². The Morgan fingerprint density at radius 2 is 1.83 bits per heavy atom. The molecule has 0 radical (unpaired) electrons. The molecule has 6 nitrogen and oxygen atoms in total. The van der Waals surface area contributed by atoms with E-state index in [1.54, 1.807) is 6.20 Å². The molecule has 1 aliphatic heterocycles. The molecule has 1 amide bonds. The molecular weight excluding hydrogens is 302 g/mol. The van der Waals surface area contributed by atoms with Gasteiger partial charge in [0.25, 0.3) is 0 Å². The minimum absolute atomic E-state index is 0.0733. The molecule has 0 saturated heterocycles. The van der Waals surface area contributed by atoms with Crippen molar-refractivity contribution in [2.24, 2.45) is 0 Å². The molecular formula is C18H17N5O. The van der Waals surface area contributed by atoms with E-state index in [-0.39, 0.29) is 5.91 Å². The molecule has 24 heavy (non-hydrogen) atoms. The number of amides is 1. The summed E-state index contributed by atoms with van der Waals surface area (Å²) in [7, 11) is 0. The number of rotatable bonds is 3. The number of hydrogen-bond acceptors (Lipinski definition) is 4. The van der Waals surface area contributed by atoms with E-state index in [4.69, 9.17) is 0 Å². The van der Waals surface area contributed by atoms with Gasteiger partial charge in [0.15, 0.2) is 11.6 Å². The molecule has 3 heterocycles. The van der Waals surface area contributed by atoms with Crippen LogP contribution in [-0.2, 0) is 24.3 Å². The fourth-order valence-electron chi connectivity index (χ4n) is 2.94. The molecule has 0 saturated carbocycles. The zero-order valence-corrected chi connectivity index (χ0v) is 13.2. The fourth-order valence-corrected chi connectivity index (χ4v) is 2.94. The molecule has 6 heteroatoms. The van der Waals surface area contributed by atoms with Crippen molar-refractivity contribution in [1.29, 1.82) is 0 Å². The first-order valence-electron chi connectivity index (χ1n) is 7.96. The number of benzene rings is 1. The predicted molar refractivity (Wildman–Crippen MR) is 88.8 cm³/mol. The van der Waals surface area contributed by atoms with Crippen molar-refractivity contribution in [2.45, 2.75) is 19.5 Å². The Bertz CT molecular complexity index is 844. The second-order valence-corrected chi connectivity index (χ2v) is 5.77. The van der Waals surface area contributed by atoms with Crippen molar-refractivity contribution in [3.63, 3.8) is 0 Å². The van der Waals surface area contributed by atoms with Crippen LogP contribution >= 0.6 is 0 Å². The Kier molecular flexibility index (Phi) is 3.78. The Hall–Kier alpha value is -3.02. The van der Waals surface area contributed by atoms with E-state index in [1.165, 1.54) is 0 Å². The van der Waals surface area contributed by atoms with Gasteiger partial charge in [0.05, 0.1) is 13.0 Å². The lowest BCUT2D eigenvalue weighted by Crippen LogP contribution is -2.39. The summed E-state index contributed by atoms with van der Waals surface area (Å²) in [5, 5.41) is 8.58. The Morgan fingerprint density at radius 1 is 1.00 bits per heavy atom. The summed E-state index contributed by atoms with van der Waals surface area (Å²) in [5.74, 6) is 1.76. The molecule has 0 spiro atoms. The van der Waals surface area contributed by atoms with Crippen LogP contribution in [0.15, 0.2) is 54.7 Å². The van der Waals surface area contributed by atoms with Crippen molar-refractivity contribution in [3.8, 4) is 11.4 Å². The third-order valence-electron chi connectivity index (χ3n) is 4.20. The molecule has 0 unspecified atom stereocenters. The fraction of sp³-hybridized carbons (Fsp3) is 0.222. The summed E-state index contributed by atoms with van der Waals surface area (Å²) in [4.78, 5) is 18.5. The summed E-state index contributed by atoms with van der Waals surface area (Å²) in [6.07, 6.45) is 2.03. The molecule has 0 N–H and O–H groups in total. The van der Waals surface area contributed by atoms with Crippen LogP contribution in [0.3, 0.4) is 0 Å². The van der Waals surface area contributed by atoms with Crippen LogP contribution < -0.4 is 0 Å². The van der Waals surface area contributed by atoms with E-state index >= 15 is 0 Å². The zero-order chi connectivity index (χ0) is 16.4. The van der Waals surface area contributed by atoms with Crippen molar-refractivity contribution in [3.05, 3.63) is 66.2 Å². The van der Waals surface area contributed by atoms with Crippen molar-refractivity contribution in [2.75, 3.05) is 6.54 Å². The number of pyridine rings is 1. The van der Waals surface area contributed by atoms with Gasteiger partial charge in [-0.25, -0.2) is 0 Å². The maximum atomic E-state index is 12.5. The predicted octanol–water partition coefficient (Wildman–Crippen LogP) is 1.92. The SMILES string of the molecule is O=C(Cc1ccccn1)N1CCn2c(nnc2-c2ccccc2)C1. The molecule has 3 aromatic rings. The summed E-state index contributed by atoms with van der Waals surface area (Å²) in [6, 6.07) is 15.6. The summed E-state index contributed by atoms with van der Waals surface area (Å²) in [6.45, 7) is 1.86. The molecule has 4 rings (SSSR count). The molecule has 2 aromatic heterocycles. The lowest BCUT2D eigenvalue weighted by atomic mass is 10.2. The maximum Gasteiger partial charge on any atom is 0.229 e. The van der Waals surface area contributed by atoms with E-state index in [0.29, 0.717) is 26.1 Å². The molecule has 1 aromatic carbocycles. The third-order valence-corrected chi connectivity index (χ3v) is 4.20. The zero-order valence-electron chi connectivity index (χ0n) is 13.2. The van der Waals surface area contributed by atoms with Gasteiger partial charge in [-0.3, -0.25) is 9.78 Å². The second-order valence-electron chi connectivity index (χ2n) is 5.77. The molecule has 120 valence electrons. The monoisotopic (exact) mass is 319 g/mol. The summed E-state index contributed by atoms with van der Waals surface area (Å²) in [5.41, 5.74) is 1.84. The topological polar surface area (TPSA) is 63.9 Å². The summed E-state index contributed by atoms with van der Waals surface area (Å²) >= 11 is 0. The Labute approximate surface area is 139 Å². The minimum Gasteiger partial charge on any atom is -0.333 e. The molecule has 1 aliphatic rings. The Balaban J connectivity index is 1.51. The van der Waals surface area contributed by atoms with Crippen LogP contribution in [0.1, 0.15) is 11.5 Å². The van der Waals surface area contributed by atoms with Crippen molar-refractivity contribution >= 4 is 5.91 Å². The summed E-state index contributed by atoms with van der Waals surface area (Å²) < 4.78 is 2.10. The van der Waals surface area contributed by atoms with Crippen LogP contribution in [0.4, 0.5) is 0 Å². The average Bonchev–Trinajstić information content (AvgIpc) is 3.06. The van der Waals surface area contributed by atoms with Gasteiger partial charge < -0.3 is 9.47 Å². The third kappa shape index (κ3) is 2.78. The Morgan fingerprint density at radius 3 is 2.62 bits per heavy atom. The first-order chi connectivity index (χ1) is 11.8. The molecule has 0 aliphatic carbocycles. The van der Waals surface area contributed by atoms with Crippen molar-refractivity contribution in [1.82, 2.24) is 24.6 Å². The highest BCUT2D eigenvalue weighted by Gasteiger charge is 2.25. The highest BCUT2D eigenvalue weighted by Crippen LogP contribution is 2.21. The van der Waals surface area contributed by atoms with Crippen LogP contribution in [0.25, 0.3) is 11.4 Å². The van der Waals surface area contributed by atoms with Crippen LogP contribution in [0.2, 0.25) is 0 Å². The quantitative estimate of drug-likeness (QED) is 0.740. The molecule has 0 atom stereocenters. The van der Waals surface area contributed by atoms with E-state index in [2.05, 4.69) is 19.7 Å². The van der Waals surface area contributed by atoms with Crippen molar-refractivity contribution < 1.29 is 4.79 Å². The standard InChI is InChI=1S/C18H17N5O/c24-17(12-15-8-4-5-9-19-15)22-10-11-23-16(13-22)20-21-18(23)14-6-2-1-3-7-14/h1-9H,10-13H2. The normalized spacial score (nSPS) is 13.6. The lowest BCUT2D eigenvalue weighted by Gasteiger charge is -2.27. The first-order valence-corrected chi connectivity index (χ1v) is 7.96. The van der Waals surface area contributed by atoms with Crippen LogP contribution in [0, 0.1) is 0 Å². The first kappa shape index (κ1) is 14.6. The highest BCUT2D eigenvalue weighted by molar-refractivity contribution is 5.78. The van der Waals surface area contributed by atoms with E-state index in [0.717, 1.165) is 22.9 Å². The van der Waals surface area contributed by atoms with Gasteiger partial charge in [-0.05, 0) is 12.1 Å². The molecule has 0 fully saturated rings. The number of carbonyl (C=O) groups is 1. The van der Waals surface area contributed by atoms with E-state index in [1.807, 2.05) is 53.4 Å². The average molecular weight is 319 g/mol. The van der Waals surface area contributed by atoms with Gasteiger partial charge in [0.2, 0.25) is 5.91 Å². The highest BCUT2D eigenvalue weighted by atomic mass is 16.2. The lowest BCUT2D eigenvalue weighted by molar-refractivity contribution is -0.132. The number of nitrogens with zero attached hydrogens (tertiary/aromatic N) is 5. The van der Waals surface area contributed by atoms with E-state index < -0.39 is 0 Å². The smallest absolute Gasteiger partial charge is 0.229 e. The number of hydrogen-bond donors (Lipinski definition) is 0. The van der Waals surface area contributed by atoms with E-state index in [9.17, 15) is 4.79 Å². The number of carbonyl (C=O) groups excluding carboxylic acids is 1. The maximum absolute atomic E-state index is 12.5. The largest absolute Gasteiger partial charge is 0.333 e. The van der Waals surface area contributed by atoms with Gasteiger partial charge in [0, 0.05) is 30.5 Å². The molecule has 0 bridgehead atoms. The minimum atomic E-state index is 0.0733. The van der Waals surface area contributed by atoms with Crippen LogP contribution in [-0.4, -0.2) is 37.1 Å². The van der Waals surface area contributed by atoms with Gasteiger partial charge in [-0.15, -0.1) is 10.2 Å². The van der Waals surface area contributed by atoms with Gasteiger partial charge in [-0.2, -0.15) is 0 Å².